The maximum absolute atomic E-state index is 5.63. The summed E-state index contributed by atoms with van der Waals surface area (Å²) in [5.41, 5.74) is 5.70. The van der Waals surface area contributed by atoms with Crippen LogP contribution in [0.5, 0.6) is 0 Å². The summed E-state index contributed by atoms with van der Waals surface area (Å²) in [6.07, 6.45) is 2.16. The molecule has 2 nitrogen and oxygen atoms in total. The number of hydrogen-bond donors (Lipinski definition) is 2. The Morgan fingerprint density at radius 3 is 2.12 bits per heavy atom. The van der Waals surface area contributed by atoms with Gasteiger partial charge in [0.2, 0.25) is 0 Å². The number of hydrazine groups is 1. The highest BCUT2D eigenvalue weighted by molar-refractivity contribution is 5.25. The fourth-order valence-corrected chi connectivity index (χ4v) is 2.00. The predicted molar refractivity (Wildman–Crippen MR) is 74.8 cm³/mol. The molecule has 0 heterocycles. The molecule has 1 aromatic rings. The van der Waals surface area contributed by atoms with Crippen molar-refractivity contribution in [3.63, 3.8) is 0 Å². The number of nitrogens with one attached hydrogen (secondary N) is 1. The molecule has 1 aromatic carbocycles. The van der Waals surface area contributed by atoms with Crippen molar-refractivity contribution in [3.05, 3.63) is 35.4 Å². The Morgan fingerprint density at radius 1 is 1.12 bits per heavy atom. The number of hydrogen-bond acceptors (Lipinski definition) is 2. The molecule has 0 fully saturated rings. The first-order valence-electron chi connectivity index (χ1n) is 6.63. The Labute approximate surface area is 106 Å². The lowest BCUT2D eigenvalue weighted by molar-refractivity contribution is 0.370. The molecule has 2 atom stereocenters. The molecule has 96 valence electrons. The van der Waals surface area contributed by atoms with Crippen LogP contribution in [0.3, 0.4) is 0 Å². The average molecular weight is 234 g/mol. The topological polar surface area (TPSA) is 38.0 Å². The highest BCUT2D eigenvalue weighted by Crippen LogP contribution is 2.17. The van der Waals surface area contributed by atoms with E-state index in [9.17, 15) is 0 Å². The third-order valence-corrected chi connectivity index (χ3v) is 3.65. The summed E-state index contributed by atoms with van der Waals surface area (Å²) < 4.78 is 0. The molecule has 0 aliphatic carbocycles. The Bertz CT molecular complexity index is 316. The van der Waals surface area contributed by atoms with Crippen molar-refractivity contribution < 1.29 is 0 Å². The molecule has 0 saturated carbocycles. The summed E-state index contributed by atoms with van der Waals surface area (Å²) in [5.74, 6) is 6.83. The Kier molecular flexibility index (Phi) is 5.66. The third-order valence-electron chi connectivity index (χ3n) is 3.65. The third kappa shape index (κ3) is 4.14. The first kappa shape index (κ1) is 14.2. The molecular formula is C15H26N2. The largest absolute Gasteiger partial charge is 0.271 e. The zero-order valence-electron chi connectivity index (χ0n) is 11.5. The zero-order chi connectivity index (χ0) is 12.8. The lowest BCUT2D eigenvalue weighted by Gasteiger charge is -2.22. The first-order valence-corrected chi connectivity index (χ1v) is 6.63. The minimum absolute atomic E-state index is 0.366. The maximum Gasteiger partial charge on any atom is 0.0276 e. The van der Waals surface area contributed by atoms with Crippen molar-refractivity contribution in [2.45, 2.75) is 52.5 Å². The van der Waals surface area contributed by atoms with E-state index in [-0.39, 0.29) is 0 Å². The van der Waals surface area contributed by atoms with Crippen LogP contribution < -0.4 is 11.3 Å². The van der Waals surface area contributed by atoms with Crippen LogP contribution in [-0.4, -0.2) is 6.04 Å². The molecule has 17 heavy (non-hydrogen) atoms. The van der Waals surface area contributed by atoms with Crippen molar-refractivity contribution in [1.82, 2.24) is 5.43 Å². The summed E-state index contributed by atoms with van der Waals surface area (Å²) in [6, 6.07) is 9.27. The van der Waals surface area contributed by atoms with Crippen LogP contribution in [0, 0.1) is 5.92 Å². The van der Waals surface area contributed by atoms with Gasteiger partial charge < -0.3 is 0 Å². The van der Waals surface area contributed by atoms with Crippen LogP contribution in [0.15, 0.2) is 24.3 Å². The van der Waals surface area contributed by atoms with E-state index in [1.54, 1.807) is 0 Å². The smallest absolute Gasteiger partial charge is 0.0276 e. The molecule has 0 radical (unpaired) electrons. The van der Waals surface area contributed by atoms with E-state index in [4.69, 9.17) is 5.84 Å². The van der Waals surface area contributed by atoms with Gasteiger partial charge in [0, 0.05) is 6.04 Å². The average Bonchev–Trinajstić information content (AvgIpc) is 2.35. The second-order valence-corrected chi connectivity index (χ2v) is 5.26. The lowest BCUT2D eigenvalue weighted by atomic mass is 9.92. The van der Waals surface area contributed by atoms with Crippen LogP contribution in [0.25, 0.3) is 0 Å². The van der Waals surface area contributed by atoms with E-state index >= 15 is 0 Å². The van der Waals surface area contributed by atoms with Gasteiger partial charge in [-0.3, -0.25) is 11.3 Å². The van der Waals surface area contributed by atoms with Gasteiger partial charge in [-0.1, -0.05) is 58.4 Å². The van der Waals surface area contributed by atoms with Crippen LogP contribution in [0.1, 0.15) is 51.2 Å². The van der Waals surface area contributed by atoms with E-state index in [2.05, 4.69) is 57.4 Å². The minimum atomic E-state index is 0.366. The second-order valence-electron chi connectivity index (χ2n) is 5.26. The minimum Gasteiger partial charge on any atom is -0.271 e. The van der Waals surface area contributed by atoms with Crippen molar-refractivity contribution in [3.8, 4) is 0 Å². The highest BCUT2D eigenvalue weighted by atomic mass is 15.2. The van der Waals surface area contributed by atoms with E-state index in [1.165, 1.54) is 11.1 Å². The molecule has 0 aliphatic heterocycles. The Morgan fingerprint density at radius 2 is 1.71 bits per heavy atom. The van der Waals surface area contributed by atoms with Crippen LogP contribution in [0.2, 0.25) is 0 Å². The predicted octanol–water partition coefficient (Wildman–Crippen LogP) is 3.23. The second kappa shape index (κ2) is 6.77. The van der Waals surface area contributed by atoms with Crippen molar-refractivity contribution in [2.75, 3.05) is 0 Å². The summed E-state index contributed by atoms with van der Waals surface area (Å²) in [6.45, 7) is 8.89. The molecule has 0 amide bonds. The van der Waals surface area contributed by atoms with Gasteiger partial charge in [-0.2, -0.15) is 0 Å². The molecular weight excluding hydrogens is 208 g/mol. The van der Waals surface area contributed by atoms with E-state index < -0.39 is 0 Å². The molecule has 3 N–H and O–H groups in total. The molecule has 0 bridgehead atoms. The Hall–Kier alpha value is -0.860. The summed E-state index contributed by atoms with van der Waals surface area (Å²) in [4.78, 5) is 0. The van der Waals surface area contributed by atoms with Crippen molar-refractivity contribution in [1.29, 1.82) is 0 Å². The number of benzene rings is 1. The number of nitrogens with two attached hydrogens (primary N) is 1. The Balaban J connectivity index is 2.67. The van der Waals surface area contributed by atoms with Crippen LogP contribution in [-0.2, 0) is 6.42 Å². The van der Waals surface area contributed by atoms with Gasteiger partial charge >= 0.3 is 0 Å². The molecule has 1 rings (SSSR count). The van der Waals surface area contributed by atoms with Gasteiger partial charge in [-0.25, -0.2) is 0 Å². The highest BCUT2D eigenvalue weighted by Gasteiger charge is 2.14. The summed E-state index contributed by atoms with van der Waals surface area (Å²) >= 11 is 0. The molecule has 2 heteroatoms. The van der Waals surface area contributed by atoms with Gasteiger partial charge in [0.1, 0.15) is 0 Å². The maximum atomic E-state index is 5.63. The SMILES string of the molecule is CCC(C)C(Cc1ccc(C(C)C)cc1)NN. The van der Waals surface area contributed by atoms with Crippen molar-refractivity contribution in [2.24, 2.45) is 11.8 Å². The van der Waals surface area contributed by atoms with E-state index in [1.807, 2.05) is 0 Å². The summed E-state index contributed by atoms with van der Waals surface area (Å²) in [5, 5.41) is 0. The monoisotopic (exact) mass is 234 g/mol. The molecule has 0 aromatic heterocycles. The van der Waals surface area contributed by atoms with Gasteiger partial charge in [-0.15, -0.1) is 0 Å². The van der Waals surface area contributed by atoms with E-state index in [0.29, 0.717) is 17.9 Å². The van der Waals surface area contributed by atoms with Crippen LogP contribution in [0.4, 0.5) is 0 Å². The number of rotatable bonds is 6. The normalized spacial score (nSPS) is 14.9. The summed E-state index contributed by atoms with van der Waals surface area (Å²) in [7, 11) is 0. The van der Waals surface area contributed by atoms with Crippen LogP contribution >= 0.6 is 0 Å². The molecule has 0 saturated heterocycles. The molecule has 0 spiro atoms. The van der Waals surface area contributed by atoms with Crippen molar-refractivity contribution >= 4 is 0 Å². The van der Waals surface area contributed by atoms with Gasteiger partial charge in [-0.05, 0) is 29.4 Å². The lowest BCUT2D eigenvalue weighted by Crippen LogP contribution is -2.41. The van der Waals surface area contributed by atoms with E-state index in [0.717, 1.165) is 12.8 Å². The quantitative estimate of drug-likeness (QED) is 0.586. The van der Waals surface area contributed by atoms with Gasteiger partial charge in [0.05, 0.1) is 0 Å². The molecule has 0 aliphatic rings. The standard InChI is InChI=1S/C15H26N2/c1-5-12(4)15(17-16)10-13-6-8-14(9-7-13)11(2)3/h6-9,11-12,15,17H,5,10,16H2,1-4H3. The molecule has 2 unspecified atom stereocenters. The first-order chi connectivity index (χ1) is 8.08. The van der Waals surface area contributed by atoms with Gasteiger partial charge in [0.15, 0.2) is 0 Å². The zero-order valence-corrected chi connectivity index (χ0v) is 11.5. The fourth-order valence-electron chi connectivity index (χ4n) is 2.00. The fraction of sp³-hybridized carbons (Fsp3) is 0.600. The van der Waals surface area contributed by atoms with Gasteiger partial charge in [0.25, 0.3) is 0 Å².